The number of furan rings is 1. The van der Waals surface area contributed by atoms with Crippen LogP contribution in [0.15, 0.2) is 271 Å². The fourth-order valence-corrected chi connectivity index (χ4v) is 11.4. The molecule has 15 rings (SSSR count). The second kappa shape index (κ2) is 17.3. The van der Waals surface area contributed by atoms with E-state index in [9.17, 15) is 0 Å². The summed E-state index contributed by atoms with van der Waals surface area (Å²) in [5.74, 6) is 0.592. The van der Waals surface area contributed by atoms with E-state index in [4.69, 9.17) is 14.4 Å². The van der Waals surface area contributed by atoms with Crippen molar-refractivity contribution < 1.29 is 4.42 Å². The Balaban J connectivity index is 0.981. The minimum atomic E-state index is 0.592. The van der Waals surface area contributed by atoms with E-state index < -0.39 is 0 Å². The van der Waals surface area contributed by atoms with Crippen molar-refractivity contribution in [2.24, 2.45) is 0 Å². The van der Waals surface area contributed by atoms with Crippen LogP contribution in [0.1, 0.15) is 0 Å². The summed E-state index contributed by atoms with van der Waals surface area (Å²) in [7, 11) is 0. The Hall–Kier alpha value is -10.1. The Morgan fingerprint density at radius 2 is 0.707 bits per heavy atom. The maximum Gasteiger partial charge on any atom is 0.164 e. The lowest BCUT2D eigenvalue weighted by Gasteiger charge is -2.15. The number of rotatable bonds is 8. The minimum Gasteiger partial charge on any atom is -0.455 e. The van der Waals surface area contributed by atoms with Crippen LogP contribution in [0.4, 0.5) is 0 Å². The molecule has 0 amide bonds. The van der Waals surface area contributed by atoms with Crippen LogP contribution in [0.5, 0.6) is 0 Å². The molecule has 0 atom stereocenters. The second-order valence-corrected chi connectivity index (χ2v) is 19.3. The summed E-state index contributed by atoms with van der Waals surface area (Å²) >= 11 is 0. The van der Waals surface area contributed by atoms with Gasteiger partial charge in [-0.2, -0.15) is 0 Å². The van der Waals surface area contributed by atoms with Crippen LogP contribution in [-0.2, 0) is 0 Å². The lowest BCUT2D eigenvalue weighted by molar-refractivity contribution is 0.669. The Morgan fingerprint density at radius 1 is 0.267 bits per heavy atom. The molecule has 0 aliphatic rings. The Kier molecular flexibility index (Phi) is 9.82. The molecule has 0 radical (unpaired) electrons. The first-order chi connectivity index (χ1) is 37.2. The third-order valence-corrected chi connectivity index (χ3v) is 14.9. The Labute approximate surface area is 432 Å². The average molecular weight is 957 g/mol. The van der Waals surface area contributed by atoms with Gasteiger partial charge in [0.1, 0.15) is 11.2 Å². The third-order valence-electron chi connectivity index (χ3n) is 14.9. The molecule has 5 nitrogen and oxygen atoms in total. The SMILES string of the molecule is c1ccc(-c2ccc(-c3cc(-c4cc(-c5ccc6c7ccccc7n(-c7ccccc7)c6c5)cc(-c5ccc6c7ccccc7n(-c7ccccc7)c6c5)c4)nc(-c4cccc5c4oc4ccccc45)n3)cc2)cc1. The molecule has 0 N–H and O–H groups in total. The molecule has 4 heterocycles. The standard InChI is InChI=1S/C70H44N4O/c1-4-17-45(18-5-1)46-31-33-47(34-32-46)62-44-63(72-70(71-62)61-27-16-26-60-59-25-12-15-30-68(59)75-69(60)61)52-40-50(48-35-37-57-55-23-10-13-28-64(55)73(66(57)42-48)53-19-6-2-7-20-53)39-51(41-52)49-36-38-58-56-24-11-14-29-65(56)74(67(58)43-49)54-21-8-3-9-22-54/h1-44H. The van der Waals surface area contributed by atoms with E-state index >= 15 is 0 Å². The molecule has 4 aromatic heterocycles. The van der Waals surface area contributed by atoms with Crippen molar-refractivity contribution in [3.63, 3.8) is 0 Å². The van der Waals surface area contributed by atoms with Gasteiger partial charge >= 0.3 is 0 Å². The van der Waals surface area contributed by atoms with Crippen LogP contribution < -0.4 is 0 Å². The smallest absolute Gasteiger partial charge is 0.164 e. The Bertz CT molecular complexity index is 4510. The summed E-state index contributed by atoms with van der Waals surface area (Å²) in [5.41, 5.74) is 19.5. The molecule has 0 unspecified atom stereocenters. The summed E-state index contributed by atoms with van der Waals surface area (Å²) in [6.07, 6.45) is 0. The van der Waals surface area contributed by atoms with Crippen LogP contribution in [0.25, 0.3) is 144 Å². The molecule has 0 saturated carbocycles. The summed E-state index contributed by atoms with van der Waals surface area (Å²) in [6, 6.07) is 95.4. The van der Waals surface area contributed by atoms with Crippen LogP contribution >= 0.6 is 0 Å². The summed E-state index contributed by atoms with van der Waals surface area (Å²) in [5, 5.41) is 6.94. The highest BCUT2D eigenvalue weighted by atomic mass is 16.3. The van der Waals surface area contributed by atoms with Gasteiger partial charge < -0.3 is 13.6 Å². The number of hydrogen-bond acceptors (Lipinski definition) is 3. The van der Waals surface area contributed by atoms with Crippen molar-refractivity contribution >= 4 is 65.6 Å². The largest absolute Gasteiger partial charge is 0.455 e. The van der Waals surface area contributed by atoms with Crippen LogP contribution in [-0.4, -0.2) is 19.1 Å². The molecule has 0 aliphatic carbocycles. The molecule has 0 bridgehead atoms. The fourth-order valence-electron chi connectivity index (χ4n) is 11.4. The van der Waals surface area contributed by atoms with Gasteiger partial charge in [-0.25, -0.2) is 9.97 Å². The first-order valence-corrected chi connectivity index (χ1v) is 25.5. The highest BCUT2D eigenvalue weighted by Crippen LogP contribution is 2.42. The molecule has 11 aromatic carbocycles. The lowest BCUT2D eigenvalue weighted by atomic mass is 9.93. The lowest BCUT2D eigenvalue weighted by Crippen LogP contribution is -1.97. The number of hydrogen-bond donors (Lipinski definition) is 0. The first kappa shape index (κ1) is 42.6. The monoisotopic (exact) mass is 956 g/mol. The average Bonchev–Trinajstić information content (AvgIpc) is 4.15. The molecule has 15 aromatic rings. The number of nitrogens with zero attached hydrogens (tertiary/aromatic N) is 4. The summed E-state index contributed by atoms with van der Waals surface area (Å²) < 4.78 is 11.4. The van der Waals surface area contributed by atoms with Crippen LogP contribution in [0, 0.1) is 0 Å². The van der Waals surface area contributed by atoms with E-state index in [1.165, 1.54) is 38.1 Å². The molecule has 0 aliphatic heterocycles. The zero-order chi connectivity index (χ0) is 49.4. The van der Waals surface area contributed by atoms with E-state index in [1.54, 1.807) is 0 Å². The van der Waals surface area contributed by atoms with Gasteiger partial charge in [0.25, 0.3) is 0 Å². The van der Waals surface area contributed by atoms with E-state index in [2.05, 4.69) is 264 Å². The molecule has 0 spiro atoms. The zero-order valence-corrected chi connectivity index (χ0v) is 40.6. The first-order valence-electron chi connectivity index (χ1n) is 25.5. The topological polar surface area (TPSA) is 48.8 Å². The summed E-state index contributed by atoms with van der Waals surface area (Å²) in [6.45, 7) is 0. The van der Waals surface area contributed by atoms with Crippen LogP contribution in [0.3, 0.4) is 0 Å². The van der Waals surface area contributed by atoms with Crippen LogP contribution in [0.2, 0.25) is 0 Å². The number of para-hydroxylation sites is 6. The van der Waals surface area contributed by atoms with E-state index in [0.717, 1.165) is 100 Å². The molecule has 5 heteroatoms. The van der Waals surface area contributed by atoms with Crippen molar-refractivity contribution in [2.75, 3.05) is 0 Å². The van der Waals surface area contributed by atoms with E-state index in [1.807, 2.05) is 12.1 Å². The highest BCUT2D eigenvalue weighted by molar-refractivity contribution is 6.12. The van der Waals surface area contributed by atoms with Gasteiger partial charge in [-0.15, -0.1) is 0 Å². The minimum absolute atomic E-state index is 0.592. The number of fused-ring (bicyclic) bond motifs is 9. The van der Waals surface area contributed by atoms with Crippen molar-refractivity contribution in [2.45, 2.75) is 0 Å². The number of benzene rings is 11. The van der Waals surface area contributed by atoms with Gasteiger partial charge in [0.05, 0.1) is 39.0 Å². The predicted octanol–water partition coefficient (Wildman–Crippen LogP) is 18.6. The van der Waals surface area contributed by atoms with Crippen molar-refractivity contribution in [1.29, 1.82) is 0 Å². The summed E-state index contributed by atoms with van der Waals surface area (Å²) in [4.78, 5) is 10.9. The van der Waals surface area contributed by atoms with Gasteiger partial charge in [0.2, 0.25) is 0 Å². The maximum atomic E-state index is 6.66. The molecular weight excluding hydrogens is 913 g/mol. The zero-order valence-electron chi connectivity index (χ0n) is 40.6. The molecule has 350 valence electrons. The Morgan fingerprint density at radius 3 is 1.31 bits per heavy atom. The van der Waals surface area contributed by atoms with Gasteiger partial charge in [-0.3, -0.25) is 0 Å². The van der Waals surface area contributed by atoms with Gasteiger partial charge in [0, 0.05) is 54.8 Å². The predicted molar refractivity (Wildman–Crippen MR) is 311 cm³/mol. The van der Waals surface area contributed by atoms with Gasteiger partial charge in [-0.05, 0) is 118 Å². The molecular formula is C70H44N4O. The third kappa shape index (κ3) is 7.16. The number of aromatic nitrogens is 4. The normalized spacial score (nSPS) is 11.7. The highest BCUT2D eigenvalue weighted by Gasteiger charge is 2.20. The van der Waals surface area contributed by atoms with E-state index in [-0.39, 0.29) is 0 Å². The van der Waals surface area contributed by atoms with Gasteiger partial charge in [-0.1, -0.05) is 182 Å². The quantitative estimate of drug-likeness (QED) is 0.152. The van der Waals surface area contributed by atoms with E-state index in [0.29, 0.717) is 5.82 Å². The fraction of sp³-hybridized carbons (Fsp3) is 0. The maximum absolute atomic E-state index is 6.66. The molecule has 75 heavy (non-hydrogen) atoms. The second-order valence-electron chi connectivity index (χ2n) is 19.3. The molecule has 0 fully saturated rings. The van der Waals surface area contributed by atoms with Gasteiger partial charge in [0.15, 0.2) is 5.82 Å². The van der Waals surface area contributed by atoms with Crippen molar-refractivity contribution in [1.82, 2.24) is 19.1 Å². The van der Waals surface area contributed by atoms with Crippen molar-refractivity contribution in [3.05, 3.63) is 267 Å². The molecule has 0 saturated heterocycles. The van der Waals surface area contributed by atoms with Crippen molar-refractivity contribution in [3.8, 4) is 78.7 Å².